The fourth-order valence-electron chi connectivity index (χ4n) is 2.14. The number of nitrogens with one attached hydrogen (secondary N) is 1. The minimum atomic E-state index is -10.0. The van der Waals surface area contributed by atoms with Crippen molar-refractivity contribution in [3.05, 3.63) is 48.5 Å². The number of halogens is 8. The molecule has 0 spiro atoms. The number of hydrogen-bond donors (Lipinski definition) is 2. The molecule has 174 valence electrons. The summed E-state index contributed by atoms with van der Waals surface area (Å²) in [5.74, 6) is -2.62. The van der Waals surface area contributed by atoms with Crippen LogP contribution in [0.1, 0.15) is 6.92 Å². The van der Waals surface area contributed by atoms with Crippen LogP contribution in [0.4, 0.5) is 38.3 Å². The van der Waals surface area contributed by atoms with E-state index in [1.54, 1.807) is 0 Å². The third kappa shape index (κ3) is 7.17. The second kappa shape index (κ2) is 7.15. The van der Waals surface area contributed by atoms with Crippen molar-refractivity contribution in [1.82, 2.24) is 0 Å². The number of alkyl halides is 3. The van der Waals surface area contributed by atoms with Gasteiger partial charge in [-0.25, -0.2) is 0 Å². The quantitative estimate of drug-likeness (QED) is 0.476. The van der Waals surface area contributed by atoms with Crippen molar-refractivity contribution in [2.45, 2.75) is 23.8 Å². The third-order valence-electron chi connectivity index (χ3n) is 3.61. The molecule has 2 aromatic rings. The van der Waals surface area contributed by atoms with E-state index in [9.17, 15) is 42.5 Å². The van der Waals surface area contributed by atoms with Crippen LogP contribution in [0.2, 0.25) is 0 Å². The number of aliphatic hydroxyl groups is 1. The van der Waals surface area contributed by atoms with Gasteiger partial charge >= 0.3 is 16.6 Å². The van der Waals surface area contributed by atoms with Crippen molar-refractivity contribution in [2.75, 3.05) is 11.9 Å². The summed E-state index contributed by atoms with van der Waals surface area (Å²) in [5, 5.41) is 12.0. The molecule has 14 heteroatoms. The number of benzene rings is 2. The Kier molecular flexibility index (Phi) is 5.66. The predicted molar refractivity (Wildman–Crippen MR) is 95.7 cm³/mol. The van der Waals surface area contributed by atoms with E-state index in [1.165, 1.54) is 12.1 Å². The topological polar surface area (TPSA) is 67.8 Å². The Labute approximate surface area is 170 Å². The summed E-state index contributed by atoms with van der Waals surface area (Å²) in [5.41, 5.74) is -3.17. The molecule has 5 nitrogen and oxygen atoms in total. The lowest BCUT2D eigenvalue weighted by Gasteiger charge is -2.40. The standard InChI is InChI=1S/C17H15F8NO4S/c1-16(28,10-29-13-7-2-3-8-14(13)30-17(18,19)20)15(27)26-11-5-4-6-12(9-11)31(21,22,23,24)25/h2-9,28H,10H2,1H3,(H,26,27). The second-order valence-electron chi connectivity index (χ2n) is 6.51. The maximum absolute atomic E-state index is 12.9. The number of ether oxygens (including phenoxy) is 2. The third-order valence-corrected chi connectivity index (χ3v) is 4.75. The van der Waals surface area contributed by atoms with E-state index >= 15 is 0 Å². The molecule has 0 aromatic heterocycles. The molecule has 2 N–H and O–H groups in total. The molecule has 0 radical (unpaired) electrons. The normalized spacial score (nSPS) is 16.5. The van der Waals surface area contributed by atoms with Crippen LogP contribution in [0.5, 0.6) is 11.5 Å². The van der Waals surface area contributed by atoms with Crippen LogP contribution in [0.25, 0.3) is 0 Å². The number of para-hydroxylation sites is 2. The smallest absolute Gasteiger partial charge is 0.486 e. The Balaban J connectivity index is 2.14. The van der Waals surface area contributed by atoms with Gasteiger partial charge in [-0.15, -0.1) is 13.2 Å². The summed E-state index contributed by atoms with van der Waals surface area (Å²) >= 11 is 0. The van der Waals surface area contributed by atoms with Crippen LogP contribution >= 0.6 is 10.2 Å². The number of rotatable bonds is 7. The number of carbonyl (C=O) groups excluding carboxylic acids is 1. The minimum Gasteiger partial charge on any atom is -0.486 e. The van der Waals surface area contributed by atoms with Crippen molar-refractivity contribution in [1.29, 1.82) is 0 Å². The van der Waals surface area contributed by atoms with Crippen LogP contribution in [0.3, 0.4) is 0 Å². The molecular weight excluding hydrogens is 466 g/mol. The average molecular weight is 481 g/mol. The Bertz CT molecular complexity index is 977. The Hall–Kier alpha value is -2.74. The lowest BCUT2D eigenvalue weighted by Crippen LogP contribution is -2.45. The fourth-order valence-corrected chi connectivity index (χ4v) is 2.83. The van der Waals surface area contributed by atoms with Crippen LogP contribution in [-0.2, 0) is 4.79 Å². The van der Waals surface area contributed by atoms with Crippen molar-refractivity contribution in [3.8, 4) is 11.5 Å². The van der Waals surface area contributed by atoms with Gasteiger partial charge in [0.1, 0.15) is 11.5 Å². The van der Waals surface area contributed by atoms with Crippen LogP contribution in [0, 0.1) is 0 Å². The highest BCUT2D eigenvalue weighted by molar-refractivity contribution is 8.45. The molecule has 0 heterocycles. The summed E-state index contributed by atoms with van der Waals surface area (Å²) in [4.78, 5) is 9.92. The van der Waals surface area contributed by atoms with E-state index < -0.39 is 56.8 Å². The van der Waals surface area contributed by atoms with Gasteiger partial charge in [-0.05, 0) is 37.3 Å². The molecule has 0 saturated carbocycles. The van der Waals surface area contributed by atoms with Gasteiger partial charge < -0.3 is 19.9 Å². The van der Waals surface area contributed by atoms with Gasteiger partial charge in [-0.1, -0.05) is 37.6 Å². The first-order valence-electron chi connectivity index (χ1n) is 8.12. The van der Waals surface area contributed by atoms with Gasteiger partial charge in [-0.2, -0.15) is 0 Å². The zero-order valence-electron chi connectivity index (χ0n) is 15.4. The Morgan fingerprint density at radius 2 is 1.58 bits per heavy atom. The van der Waals surface area contributed by atoms with Crippen LogP contribution < -0.4 is 14.8 Å². The van der Waals surface area contributed by atoms with Crippen molar-refractivity contribution in [3.63, 3.8) is 0 Å². The van der Waals surface area contributed by atoms with Gasteiger partial charge in [0.25, 0.3) is 5.91 Å². The Morgan fingerprint density at radius 3 is 2.13 bits per heavy atom. The van der Waals surface area contributed by atoms with Gasteiger partial charge in [0.05, 0.1) is 0 Å². The van der Waals surface area contributed by atoms with Crippen molar-refractivity contribution in [2.24, 2.45) is 0 Å². The number of anilines is 1. The molecule has 1 amide bonds. The van der Waals surface area contributed by atoms with E-state index in [4.69, 9.17) is 4.74 Å². The molecule has 0 aliphatic heterocycles. The summed E-state index contributed by atoms with van der Waals surface area (Å²) in [6, 6.07) is 6.03. The van der Waals surface area contributed by atoms with E-state index in [0.29, 0.717) is 6.07 Å². The summed E-state index contributed by atoms with van der Waals surface area (Å²) < 4.78 is 110. The minimum absolute atomic E-state index is 0.0110. The first-order chi connectivity index (χ1) is 13.8. The first-order valence-corrected chi connectivity index (χ1v) is 10.1. The van der Waals surface area contributed by atoms with E-state index in [2.05, 4.69) is 4.74 Å². The van der Waals surface area contributed by atoms with Crippen molar-refractivity contribution >= 4 is 21.8 Å². The molecule has 0 aliphatic rings. The van der Waals surface area contributed by atoms with Gasteiger partial charge in [-0.3, -0.25) is 4.79 Å². The molecule has 0 aliphatic carbocycles. The van der Waals surface area contributed by atoms with Gasteiger partial charge in [0, 0.05) is 5.69 Å². The molecular formula is C17H15F8NO4S. The number of amides is 1. The SMILES string of the molecule is CC(O)(COc1ccccc1OC(F)(F)F)C(=O)Nc1cccc(S(F)(F)(F)(F)F)c1. The molecule has 2 rings (SSSR count). The van der Waals surface area contributed by atoms with E-state index in [0.717, 1.165) is 25.1 Å². The maximum Gasteiger partial charge on any atom is 0.573 e. The van der Waals surface area contributed by atoms with Gasteiger partial charge in [0.15, 0.2) is 17.1 Å². The monoisotopic (exact) mass is 481 g/mol. The highest BCUT2D eigenvalue weighted by Crippen LogP contribution is 3.02. The largest absolute Gasteiger partial charge is 0.573 e. The maximum atomic E-state index is 12.9. The summed E-state index contributed by atoms with van der Waals surface area (Å²) in [6.45, 7) is -0.0950. The molecule has 31 heavy (non-hydrogen) atoms. The highest BCUT2D eigenvalue weighted by atomic mass is 32.5. The molecule has 1 unspecified atom stereocenters. The highest BCUT2D eigenvalue weighted by Gasteiger charge is 2.65. The summed E-state index contributed by atoms with van der Waals surface area (Å²) in [6.07, 6.45) is -5.05. The fraction of sp³-hybridized carbons (Fsp3) is 0.235. The van der Waals surface area contributed by atoms with Gasteiger partial charge in [0.2, 0.25) is 0 Å². The lowest BCUT2D eigenvalue weighted by molar-refractivity contribution is -0.275. The Morgan fingerprint density at radius 1 is 1.00 bits per heavy atom. The van der Waals surface area contributed by atoms with Crippen LogP contribution in [0.15, 0.2) is 53.4 Å². The zero-order valence-corrected chi connectivity index (χ0v) is 16.2. The molecule has 1 atom stereocenters. The summed E-state index contributed by atoms with van der Waals surface area (Å²) in [7, 11) is -10.0. The lowest BCUT2D eigenvalue weighted by atomic mass is 10.1. The first kappa shape index (κ1) is 24.5. The van der Waals surface area contributed by atoms with Crippen LogP contribution in [-0.4, -0.2) is 29.6 Å². The molecule has 2 aromatic carbocycles. The average Bonchev–Trinajstić information content (AvgIpc) is 2.58. The zero-order chi connectivity index (χ0) is 23.8. The number of carbonyl (C=O) groups is 1. The predicted octanol–water partition coefficient (Wildman–Crippen LogP) is 6.01. The van der Waals surface area contributed by atoms with E-state index in [1.807, 2.05) is 5.32 Å². The van der Waals surface area contributed by atoms with E-state index in [-0.39, 0.29) is 12.1 Å². The molecule has 0 fully saturated rings. The number of hydrogen-bond acceptors (Lipinski definition) is 4. The molecule has 0 saturated heterocycles. The second-order valence-corrected chi connectivity index (χ2v) is 8.92. The molecule has 0 bridgehead atoms. The van der Waals surface area contributed by atoms with Crippen molar-refractivity contribution < 1.29 is 52.0 Å².